The molecule has 0 saturated carbocycles. The van der Waals surface area contributed by atoms with E-state index in [1.165, 1.54) is 0 Å². The van der Waals surface area contributed by atoms with E-state index >= 15 is 0 Å². The molecule has 2 aromatic heterocycles. The second-order valence-electron chi connectivity index (χ2n) is 3.53. The second kappa shape index (κ2) is 4.11. The first-order valence-corrected chi connectivity index (χ1v) is 5.84. The van der Waals surface area contributed by atoms with Crippen LogP contribution in [0.4, 0.5) is 0 Å². The number of fused-ring (bicyclic) bond motifs is 1. The van der Waals surface area contributed by atoms with Gasteiger partial charge in [-0.2, -0.15) is 0 Å². The number of rotatable bonds is 4. The van der Waals surface area contributed by atoms with Gasteiger partial charge in [0.15, 0.2) is 4.96 Å². The summed E-state index contributed by atoms with van der Waals surface area (Å²) in [4.78, 5) is 5.58. The minimum Gasteiger partial charge on any atom is -0.328 e. The van der Waals surface area contributed by atoms with E-state index in [2.05, 4.69) is 22.5 Å². The smallest absolute Gasteiger partial charge is 0.193 e. The van der Waals surface area contributed by atoms with Crippen LogP contribution in [0.5, 0.6) is 0 Å². The zero-order valence-electron chi connectivity index (χ0n) is 8.31. The molecule has 1 atom stereocenters. The van der Waals surface area contributed by atoms with Gasteiger partial charge in [-0.15, -0.1) is 11.3 Å². The summed E-state index contributed by atoms with van der Waals surface area (Å²) >= 11 is 1.67. The molecule has 4 heteroatoms. The summed E-state index contributed by atoms with van der Waals surface area (Å²) in [6.45, 7) is 2.12. The van der Waals surface area contributed by atoms with Crippen LogP contribution in [0.25, 0.3) is 4.96 Å². The zero-order valence-corrected chi connectivity index (χ0v) is 9.13. The molecule has 0 radical (unpaired) electrons. The zero-order chi connectivity index (χ0) is 9.97. The summed E-state index contributed by atoms with van der Waals surface area (Å²) < 4.78 is 2.07. The van der Waals surface area contributed by atoms with Crippen molar-refractivity contribution in [3.8, 4) is 0 Å². The maximum atomic E-state index is 5.86. The molecule has 14 heavy (non-hydrogen) atoms. The molecule has 2 rings (SSSR count). The van der Waals surface area contributed by atoms with Crippen LogP contribution < -0.4 is 5.73 Å². The van der Waals surface area contributed by atoms with Gasteiger partial charge >= 0.3 is 0 Å². The first-order valence-electron chi connectivity index (χ1n) is 4.96. The predicted octanol–water partition coefficient (Wildman–Crippen LogP) is 2.07. The van der Waals surface area contributed by atoms with Gasteiger partial charge in [-0.25, -0.2) is 4.98 Å². The minimum absolute atomic E-state index is 0.315. The van der Waals surface area contributed by atoms with Gasteiger partial charge in [-0.3, -0.25) is 4.40 Å². The number of imidazole rings is 1. The van der Waals surface area contributed by atoms with Crippen LogP contribution in [0.1, 0.15) is 25.5 Å². The maximum absolute atomic E-state index is 5.86. The van der Waals surface area contributed by atoms with E-state index in [1.54, 1.807) is 11.3 Å². The van der Waals surface area contributed by atoms with Gasteiger partial charge in [-0.1, -0.05) is 6.92 Å². The molecule has 0 bridgehead atoms. The van der Waals surface area contributed by atoms with Crippen molar-refractivity contribution in [2.75, 3.05) is 0 Å². The Balaban J connectivity index is 2.01. The molecular weight excluding hydrogens is 194 g/mol. The molecule has 0 amide bonds. The Morgan fingerprint density at radius 2 is 2.50 bits per heavy atom. The molecule has 0 aromatic carbocycles. The van der Waals surface area contributed by atoms with Crippen molar-refractivity contribution in [3.05, 3.63) is 23.5 Å². The van der Waals surface area contributed by atoms with Gasteiger partial charge in [0.05, 0.1) is 5.69 Å². The second-order valence-corrected chi connectivity index (χ2v) is 4.41. The molecule has 0 spiro atoms. The molecular formula is C10H15N3S. The number of aromatic nitrogens is 2. The fourth-order valence-electron chi connectivity index (χ4n) is 1.43. The first kappa shape index (κ1) is 9.68. The van der Waals surface area contributed by atoms with Gasteiger partial charge < -0.3 is 5.73 Å². The Morgan fingerprint density at radius 1 is 1.64 bits per heavy atom. The molecule has 2 aromatic rings. The van der Waals surface area contributed by atoms with Crippen molar-refractivity contribution >= 4 is 16.3 Å². The van der Waals surface area contributed by atoms with E-state index in [1.807, 2.05) is 11.6 Å². The standard InChI is InChI=1S/C10H15N3S/c1-2-8(11)3-4-9-7-13-5-6-14-10(13)12-9/h5-8H,2-4,11H2,1H3. The van der Waals surface area contributed by atoms with E-state index < -0.39 is 0 Å². The lowest BCUT2D eigenvalue weighted by atomic mass is 10.1. The Hall–Kier alpha value is -0.870. The highest BCUT2D eigenvalue weighted by Gasteiger charge is 2.04. The van der Waals surface area contributed by atoms with Crippen molar-refractivity contribution in [1.82, 2.24) is 9.38 Å². The SMILES string of the molecule is CCC(N)CCc1cn2ccsc2n1. The molecule has 2 heterocycles. The Morgan fingerprint density at radius 3 is 3.21 bits per heavy atom. The predicted molar refractivity (Wildman–Crippen MR) is 59.7 cm³/mol. The van der Waals surface area contributed by atoms with E-state index in [9.17, 15) is 0 Å². The number of nitrogens with two attached hydrogens (primary N) is 1. The van der Waals surface area contributed by atoms with Gasteiger partial charge in [0.2, 0.25) is 0 Å². The van der Waals surface area contributed by atoms with Crippen LogP contribution in [0.15, 0.2) is 17.8 Å². The number of nitrogens with zero attached hydrogens (tertiary/aromatic N) is 2. The van der Waals surface area contributed by atoms with Crippen molar-refractivity contribution in [2.24, 2.45) is 5.73 Å². The molecule has 0 aliphatic carbocycles. The Bertz CT molecular complexity index is 376. The van der Waals surface area contributed by atoms with Crippen molar-refractivity contribution in [3.63, 3.8) is 0 Å². The number of hydrogen-bond donors (Lipinski definition) is 1. The summed E-state index contributed by atoms with van der Waals surface area (Å²) in [6, 6.07) is 0.315. The molecule has 0 aliphatic heterocycles. The third kappa shape index (κ3) is 1.96. The molecule has 0 saturated heterocycles. The van der Waals surface area contributed by atoms with E-state index in [-0.39, 0.29) is 0 Å². The minimum atomic E-state index is 0.315. The third-order valence-corrected chi connectivity index (χ3v) is 3.21. The monoisotopic (exact) mass is 209 g/mol. The molecule has 0 fully saturated rings. The lowest BCUT2D eigenvalue weighted by molar-refractivity contribution is 0.592. The summed E-state index contributed by atoms with van der Waals surface area (Å²) in [5.74, 6) is 0. The van der Waals surface area contributed by atoms with Crippen LogP contribution >= 0.6 is 11.3 Å². The average Bonchev–Trinajstić information content (AvgIpc) is 2.73. The van der Waals surface area contributed by atoms with Crippen LogP contribution in [0.3, 0.4) is 0 Å². The van der Waals surface area contributed by atoms with Crippen LogP contribution in [-0.4, -0.2) is 15.4 Å². The lowest BCUT2D eigenvalue weighted by Gasteiger charge is -2.05. The number of hydrogen-bond acceptors (Lipinski definition) is 3. The van der Waals surface area contributed by atoms with Crippen molar-refractivity contribution in [2.45, 2.75) is 32.2 Å². The summed E-state index contributed by atoms with van der Waals surface area (Å²) in [5.41, 5.74) is 7.01. The average molecular weight is 209 g/mol. The third-order valence-electron chi connectivity index (χ3n) is 2.44. The quantitative estimate of drug-likeness (QED) is 0.837. The molecule has 76 valence electrons. The molecule has 3 nitrogen and oxygen atoms in total. The summed E-state index contributed by atoms with van der Waals surface area (Å²) in [7, 11) is 0. The van der Waals surface area contributed by atoms with E-state index in [0.29, 0.717) is 6.04 Å². The highest BCUT2D eigenvalue weighted by atomic mass is 32.1. The number of aryl methyl sites for hydroxylation is 1. The molecule has 0 aliphatic rings. The largest absolute Gasteiger partial charge is 0.328 e. The van der Waals surface area contributed by atoms with Crippen LogP contribution in [0, 0.1) is 0 Å². The first-order chi connectivity index (χ1) is 6.79. The van der Waals surface area contributed by atoms with Crippen LogP contribution in [-0.2, 0) is 6.42 Å². The fraction of sp³-hybridized carbons (Fsp3) is 0.500. The Labute approximate surface area is 87.6 Å². The highest BCUT2D eigenvalue weighted by Crippen LogP contribution is 2.13. The Kier molecular flexibility index (Phi) is 2.84. The number of thiazole rings is 1. The molecule has 2 N–H and O–H groups in total. The van der Waals surface area contributed by atoms with Gasteiger partial charge in [-0.05, 0) is 19.3 Å². The highest BCUT2D eigenvalue weighted by molar-refractivity contribution is 7.15. The lowest BCUT2D eigenvalue weighted by Crippen LogP contribution is -2.19. The van der Waals surface area contributed by atoms with E-state index in [4.69, 9.17) is 5.73 Å². The fourth-order valence-corrected chi connectivity index (χ4v) is 2.15. The van der Waals surface area contributed by atoms with Gasteiger partial charge in [0.25, 0.3) is 0 Å². The maximum Gasteiger partial charge on any atom is 0.193 e. The van der Waals surface area contributed by atoms with Crippen LogP contribution in [0.2, 0.25) is 0 Å². The topological polar surface area (TPSA) is 43.3 Å². The van der Waals surface area contributed by atoms with E-state index in [0.717, 1.165) is 29.9 Å². The molecule has 1 unspecified atom stereocenters. The van der Waals surface area contributed by atoms with Gasteiger partial charge in [0, 0.05) is 23.8 Å². The summed E-state index contributed by atoms with van der Waals surface area (Å²) in [6.07, 6.45) is 7.19. The van der Waals surface area contributed by atoms with Gasteiger partial charge in [0.1, 0.15) is 0 Å². The normalized spacial score (nSPS) is 13.6. The summed E-state index contributed by atoms with van der Waals surface area (Å²) in [5, 5.41) is 2.05. The van der Waals surface area contributed by atoms with Crippen molar-refractivity contribution < 1.29 is 0 Å². The van der Waals surface area contributed by atoms with Crippen molar-refractivity contribution in [1.29, 1.82) is 0 Å².